The number of carbonyl (C=O) groups excluding carboxylic acids is 1. The van der Waals surface area contributed by atoms with Crippen molar-refractivity contribution in [1.29, 1.82) is 0 Å². The number of carbonyl (C=O) groups is 2. The number of hydrogen-bond acceptors (Lipinski definition) is 4. The maximum Gasteiger partial charge on any atom is 0.407 e. The summed E-state index contributed by atoms with van der Waals surface area (Å²) in [6.07, 6.45) is 1.04. The van der Waals surface area contributed by atoms with Crippen LogP contribution in [0.1, 0.15) is 33.1 Å². The normalized spacial score (nSPS) is 10.8. The molecule has 0 rings (SSSR count). The topological polar surface area (TPSA) is 102 Å². The summed E-state index contributed by atoms with van der Waals surface area (Å²) in [6.45, 7) is 4.52. The molecule has 0 saturated heterocycles. The Bertz CT molecular complexity index is 197. The average molecular weight is 234 g/mol. The second-order valence-corrected chi connectivity index (χ2v) is 2.81. The van der Waals surface area contributed by atoms with Crippen LogP contribution in [0.5, 0.6) is 0 Å². The molecule has 0 bridgehead atoms. The van der Waals surface area contributed by atoms with Crippen LogP contribution in [0.3, 0.4) is 0 Å². The van der Waals surface area contributed by atoms with Gasteiger partial charge in [-0.1, -0.05) is 13.8 Å². The van der Waals surface area contributed by atoms with Crippen LogP contribution in [0, 0.1) is 0 Å². The number of carboxylic acids is 1. The van der Waals surface area contributed by atoms with Gasteiger partial charge in [-0.05, 0) is 25.8 Å². The molecule has 6 heteroatoms. The van der Waals surface area contributed by atoms with E-state index < -0.39 is 18.1 Å². The van der Waals surface area contributed by atoms with E-state index in [1.165, 1.54) is 7.11 Å². The van der Waals surface area contributed by atoms with Gasteiger partial charge in [0.05, 0.1) is 7.11 Å². The van der Waals surface area contributed by atoms with Gasteiger partial charge in [-0.2, -0.15) is 0 Å². The van der Waals surface area contributed by atoms with E-state index in [-0.39, 0.29) is 0 Å². The van der Waals surface area contributed by atoms with Crippen LogP contribution in [0.4, 0.5) is 4.79 Å². The van der Waals surface area contributed by atoms with Crippen molar-refractivity contribution in [2.24, 2.45) is 5.73 Å². The quantitative estimate of drug-likeness (QED) is 0.594. The molecular weight excluding hydrogens is 212 g/mol. The lowest BCUT2D eigenvalue weighted by molar-refractivity contribution is -0.139. The molecule has 0 aliphatic rings. The first-order valence-corrected chi connectivity index (χ1v) is 5.39. The minimum Gasteiger partial charge on any atom is -0.480 e. The van der Waals surface area contributed by atoms with E-state index in [4.69, 9.17) is 10.8 Å². The highest BCUT2D eigenvalue weighted by Gasteiger charge is 2.19. The minimum absolute atomic E-state index is 0.363. The molecule has 0 saturated carbocycles. The van der Waals surface area contributed by atoms with Crippen molar-refractivity contribution in [3.63, 3.8) is 0 Å². The number of aliphatic carboxylic acids is 1. The van der Waals surface area contributed by atoms with E-state index in [0.717, 1.165) is 6.42 Å². The van der Waals surface area contributed by atoms with Gasteiger partial charge in [-0.25, -0.2) is 9.59 Å². The van der Waals surface area contributed by atoms with Crippen molar-refractivity contribution in [2.45, 2.75) is 39.2 Å². The molecule has 0 aromatic rings. The van der Waals surface area contributed by atoms with Crippen molar-refractivity contribution < 1.29 is 19.4 Å². The highest BCUT2D eigenvalue weighted by Crippen LogP contribution is 2.00. The number of nitrogens with two attached hydrogens (primary N) is 1. The molecule has 0 aliphatic heterocycles. The summed E-state index contributed by atoms with van der Waals surface area (Å²) < 4.78 is 4.30. The second kappa shape index (κ2) is 11.8. The van der Waals surface area contributed by atoms with Gasteiger partial charge in [0.1, 0.15) is 6.04 Å². The van der Waals surface area contributed by atoms with Crippen LogP contribution >= 0.6 is 0 Å². The Morgan fingerprint density at radius 2 is 1.94 bits per heavy atom. The standard InChI is InChI=1S/C8H16N2O4.C2H6/c1-14-8(13)10-6(7(11)12)4-2-3-5-9;1-2/h6H,2-5,9H2,1H3,(H,10,13)(H,11,12);1-2H3. The Balaban J connectivity index is 0. The molecule has 0 heterocycles. The molecule has 1 unspecified atom stereocenters. The number of unbranched alkanes of at least 4 members (excludes halogenated alkanes) is 1. The second-order valence-electron chi connectivity index (χ2n) is 2.81. The fraction of sp³-hybridized carbons (Fsp3) is 0.800. The molecule has 1 atom stereocenters. The van der Waals surface area contributed by atoms with Crippen LogP contribution in [-0.2, 0) is 9.53 Å². The molecular formula is C10H22N2O4. The van der Waals surface area contributed by atoms with E-state index in [2.05, 4.69) is 10.1 Å². The number of rotatable bonds is 6. The number of amides is 1. The van der Waals surface area contributed by atoms with E-state index in [1.807, 2.05) is 13.8 Å². The van der Waals surface area contributed by atoms with Gasteiger partial charge in [0.25, 0.3) is 0 Å². The average Bonchev–Trinajstić information content (AvgIpc) is 2.30. The van der Waals surface area contributed by atoms with Crippen molar-refractivity contribution in [3.8, 4) is 0 Å². The first-order chi connectivity index (χ1) is 7.61. The highest BCUT2D eigenvalue weighted by molar-refractivity contribution is 5.79. The van der Waals surface area contributed by atoms with Crippen molar-refractivity contribution in [3.05, 3.63) is 0 Å². The Morgan fingerprint density at radius 1 is 1.38 bits per heavy atom. The van der Waals surface area contributed by atoms with Gasteiger partial charge in [-0.15, -0.1) is 0 Å². The number of methoxy groups -OCH3 is 1. The lowest BCUT2D eigenvalue weighted by atomic mass is 10.1. The predicted octanol–water partition coefficient (Wildman–Crippen LogP) is 0.951. The maximum absolute atomic E-state index is 10.7. The summed E-state index contributed by atoms with van der Waals surface area (Å²) in [5.74, 6) is -1.06. The number of nitrogens with one attached hydrogen (secondary N) is 1. The maximum atomic E-state index is 10.7. The zero-order valence-corrected chi connectivity index (χ0v) is 10.2. The molecule has 0 radical (unpaired) electrons. The lowest BCUT2D eigenvalue weighted by Crippen LogP contribution is -2.40. The monoisotopic (exact) mass is 234 g/mol. The van der Waals surface area contributed by atoms with E-state index in [0.29, 0.717) is 19.4 Å². The van der Waals surface area contributed by atoms with Gasteiger partial charge in [0.2, 0.25) is 0 Å². The number of ether oxygens (including phenoxy) is 1. The highest BCUT2D eigenvalue weighted by atomic mass is 16.5. The zero-order chi connectivity index (χ0) is 13.0. The molecule has 0 aromatic heterocycles. The molecule has 0 aliphatic carbocycles. The third-order valence-corrected chi connectivity index (χ3v) is 1.72. The lowest BCUT2D eigenvalue weighted by Gasteiger charge is -2.12. The van der Waals surface area contributed by atoms with Crippen molar-refractivity contribution in [1.82, 2.24) is 5.32 Å². The van der Waals surface area contributed by atoms with Gasteiger partial charge in [0, 0.05) is 0 Å². The molecule has 0 spiro atoms. The van der Waals surface area contributed by atoms with Gasteiger partial charge in [-0.3, -0.25) is 0 Å². The fourth-order valence-corrected chi connectivity index (χ4v) is 0.951. The van der Waals surface area contributed by atoms with Crippen LogP contribution in [0.2, 0.25) is 0 Å². The Labute approximate surface area is 96.2 Å². The third-order valence-electron chi connectivity index (χ3n) is 1.72. The Morgan fingerprint density at radius 3 is 2.31 bits per heavy atom. The summed E-state index contributed by atoms with van der Waals surface area (Å²) in [7, 11) is 1.19. The summed E-state index contributed by atoms with van der Waals surface area (Å²) in [5.41, 5.74) is 5.26. The largest absolute Gasteiger partial charge is 0.480 e. The Kier molecular flexibility index (Phi) is 12.6. The van der Waals surface area contributed by atoms with E-state index in [9.17, 15) is 9.59 Å². The van der Waals surface area contributed by atoms with Crippen molar-refractivity contribution in [2.75, 3.05) is 13.7 Å². The number of alkyl carbamates (subject to hydrolysis) is 1. The molecule has 16 heavy (non-hydrogen) atoms. The van der Waals surface area contributed by atoms with Crippen molar-refractivity contribution >= 4 is 12.1 Å². The first kappa shape index (κ1) is 17.1. The summed E-state index contributed by atoms with van der Waals surface area (Å²) in [6, 6.07) is -0.894. The molecule has 6 nitrogen and oxygen atoms in total. The molecule has 1 amide bonds. The van der Waals surface area contributed by atoms with Gasteiger partial charge in [0.15, 0.2) is 0 Å². The molecule has 0 fully saturated rings. The van der Waals surface area contributed by atoms with Crippen LogP contribution in [-0.4, -0.2) is 36.9 Å². The van der Waals surface area contributed by atoms with E-state index in [1.54, 1.807) is 0 Å². The zero-order valence-electron chi connectivity index (χ0n) is 10.2. The Hall–Kier alpha value is -1.30. The van der Waals surface area contributed by atoms with Crippen LogP contribution in [0.25, 0.3) is 0 Å². The van der Waals surface area contributed by atoms with Crippen LogP contribution < -0.4 is 11.1 Å². The third kappa shape index (κ3) is 9.26. The summed E-state index contributed by atoms with van der Waals surface area (Å²) in [5, 5.41) is 10.9. The SMILES string of the molecule is CC.COC(=O)NC(CCCCN)C(=O)O. The smallest absolute Gasteiger partial charge is 0.407 e. The predicted molar refractivity (Wildman–Crippen MR) is 61.2 cm³/mol. The molecule has 0 aromatic carbocycles. The summed E-state index contributed by atoms with van der Waals surface area (Å²) >= 11 is 0. The minimum atomic E-state index is -1.06. The van der Waals surface area contributed by atoms with Gasteiger partial charge >= 0.3 is 12.1 Å². The number of hydrogen-bond donors (Lipinski definition) is 3. The summed E-state index contributed by atoms with van der Waals surface area (Å²) in [4.78, 5) is 21.4. The molecule has 96 valence electrons. The molecule has 4 N–H and O–H groups in total. The van der Waals surface area contributed by atoms with Crippen LogP contribution in [0.15, 0.2) is 0 Å². The fourth-order valence-electron chi connectivity index (χ4n) is 0.951. The first-order valence-electron chi connectivity index (χ1n) is 5.39. The van der Waals surface area contributed by atoms with Gasteiger partial charge < -0.3 is 20.9 Å². The number of carboxylic acid groups (broad SMARTS) is 1. The van der Waals surface area contributed by atoms with E-state index >= 15 is 0 Å².